The number of aryl methyl sites for hydroxylation is 2. The van der Waals surface area contributed by atoms with Gasteiger partial charge in [0.1, 0.15) is 10.8 Å². The molecule has 0 atom stereocenters. The van der Waals surface area contributed by atoms with Crippen LogP contribution in [0.25, 0.3) is 0 Å². The Morgan fingerprint density at radius 2 is 2.14 bits per heavy atom. The molecule has 1 aromatic rings. The average Bonchev–Trinajstić information content (AvgIpc) is 3.13. The first-order chi connectivity index (χ1) is 10.2. The summed E-state index contributed by atoms with van der Waals surface area (Å²) in [5.41, 5.74) is 9.19. The fourth-order valence-corrected chi connectivity index (χ4v) is 3.40. The molecular weight excluding hydrogens is 282 g/mol. The summed E-state index contributed by atoms with van der Waals surface area (Å²) >= 11 is 5.15. The number of nitrogens with one attached hydrogen (secondary N) is 1. The van der Waals surface area contributed by atoms with Crippen molar-refractivity contribution in [3.8, 4) is 0 Å². The predicted octanol–water partition coefficient (Wildman–Crippen LogP) is 2.58. The van der Waals surface area contributed by atoms with E-state index in [1.54, 1.807) is 0 Å². The minimum absolute atomic E-state index is 0.413. The summed E-state index contributed by atoms with van der Waals surface area (Å²) in [4.78, 5) is 5.12. The molecule has 0 spiro atoms. The highest BCUT2D eigenvalue weighted by molar-refractivity contribution is 7.80. The van der Waals surface area contributed by atoms with E-state index in [-0.39, 0.29) is 0 Å². The van der Waals surface area contributed by atoms with E-state index in [0.717, 1.165) is 30.8 Å². The Morgan fingerprint density at radius 1 is 1.33 bits per heavy atom. The van der Waals surface area contributed by atoms with Crippen molar-refractivity contribution in [2.75, 3.05) is 18.5 Å². The standard InChI is InChI=1S/C16H23N3OS/c17-15(21)13-10-11-4-3-7-14(11)19-16(13)18-8-9-20-12-5-1-2-6-12/h10,12H,1-9H2,(H2,17,21)(H,18,19). The third-order valence-electron chi connectivity index (χ3n) is 4.37. The number of nitrogens with two attached hydrogens (primary N) is 1. The van der Waals surface area contributed by atoms with E-state index in [2.05, 4.69) is 11.4 Å². The molecule has 21 heavy (non-hydrogen) atoms. The van der Waals surface area contributed by atoms with E-state index in [4.69, 9.17) is 27.7 Å². The van der Waals surface area contributed by atoms with Crippen LogP contribution in [0, 0.1) is 0 Å². The van der Waals surface area contributed by atoms with Crippen LogP contribution in [-0.2, 0) is 17.6 Å². The largest absolute Gasteiger partial charge is 0.389 e. The van der Waals surface area contributed by atoms with E-state index in [9.17, 15) is 0 Å². The van der Waals surface area contributed by atoms with Crippen molar-refractivity contribution in [1.82, 2.24) is 4.98 Å². The molecule has 1 saturated carbocycles. The van der Waals surface area contributed by atoms with Crippen LogP contribution >= 0.6 is 12.2 Å². The summed E-state index contributed by atoms with van der Waals surface area (Å²) < 4.78 is 5.86. The fourth-order valence-electron chi connectivity index (χ4n) is 3.24. The lowest BCUT2D eigenvalue weighted by atomic mass is 10.1. The Morgan fingerprint density at radius 3 is 2.90 bits per heavy atom. The molecule has 0 amide bonds. The molecule has 1 heterocycles. The SMILES string of the molecule is NC(=S)c1cc2c(nc1NCCOC1CCCC1)CCC2. The number of anilines is 1. The lowest BCUT2D eigenvalue weighted by Gasteiger charge is -2.14. The lowest BCUT2D eigenvalue weighted by molar-refractivity contribution is 0.0658. The van der Waals surface area contributed by atoms with Gasteiger partial charge < -0.3 is 15.8 Å². The van der Waals surface area contributed by atoms with E-state index in [1.807, 2.05) is 0 Å². The Hall–Kier alpha value is -1.20. The summed E-state index contributed by atoms with van der Waals surface area (Å²) in [7, 11) is 0. The smallest absolute Gasteiger partial charge is 0.136 e. The van der Waals surface area contributed by atoms with Crippen molar-refractivity contribution in [2.45, 2.75) is 51.0 Å². The van der Waals surface area contributed by atoms with Crippen molar-refractivity contribution in [3.05, 3.63) is 22.9 Å². The number of pyridine rings is 1. The van der Waals surface area contributed by atoms with Gasteiger partial charge in [0, 0.05) is 12.2 Å². The molecule has 1 fully saturated rings. The first-order valence-electron chi connectivity index (χ1n) is 7.92. The minimum atomic E-state index is 0.413. The predicted molar refractivity (Wildman–Crippen MR) is 88.8 cm³/mol. The molecule has 3 N–H and O–H groups in total. The van der Waals surface area contributed by atoms with E-state index < -0.39 is 0 Å². The highest BCUT2D eigenvalue weighted by Gasteiger charge is 2.18. The van der Waals surface area contributed by atoms with Crippen LogP contribution < -0.4 is 11.1 Å². The Bertz CT molecular complexity index is 526. The second-order valence-corrected chi connectivity index (χ2v) is 6.35. The minimum Gasteiger partial charge on any atom is -0.389 e. The number of nitrogens with zero attached hydrogens (tertiary/aromatic N) is 1. The highest BCUT2D eigenvalue weighted by atomic mass is 32.1. The molecule has 0 aliphatic heterocycles. The summed E-state index contributed by atoms with van der Waals surface area (Å²) in [5, 5.41) is 3.34. The van der Waals surface area contributed by atoms with Gasteiger partial charge in [0.05, 0.1) is 18.3 Å². The third kappa shape index (κ3) is 3.52. The van der Waals surface area contributed by atoms with Gasteiger partial charge >= 0.3 is 0 Å². The normalized spacial score (nSPS) is 17.9. The molecular formula is C16H23N3OS. The topological polar surface area (TPSA) is 60.2 Å². The molecule has 1 aromatic heterocycles. The molecule has 5 heteroatoms. The number of hydrogen-bond acceptors (Lipinski definition) is 4. The van der Waals surface area contributed by atoms with Gasteiger partial charge in [-0.05, 0) is 43.7 Å². The van der Waals surface area contributed by atoms with Gasteiger partial charge in [-0.25, -0.2) is 4.98 Å². The van der Waals surface area contributed by atoms with Gasteiger partial charge in [-0.2, -0.15) is 0 Å². The number of fused-ring (bicyclic) bond motifs is 1. The van der Waals surface area contributed by atoms with E-state index >= 15 is 0 Å². The maximum absolute atomic E-state index is 5.86. The van der Waals surface area contributed by atoms with Gasteiger partial charge in [-0.3, -0.25) is 0 Å². The third-order valence-corrected chi connectivity index (χ3v) is 4.59. The Kier molecular flexibility index (Phi) is 4.70. The molecule has 0 radical (unpaired) electrons. The quantitative estimate of drug-likeness (QED) is 0.625. The van der Waals surface area contributed by atoms with Crippen molar-refractivity contribution < 1.29 is 4.74 Å². The number of thiocarbonyl (C=S) groups is 1. The van der Waals surface area contributed by atoms with Crippen LogP contribution in [0.3, 0.4) is 0 Å². The second-order valence-electron chi connectivity index (χ2n) is 5.91. The zero-order valence-corrected chi connectivity index (χ0v) is 13.2. The van der Waals surface area contributed by atoms with Crippen LogP contribution in [-0.4, -0.2) is 29.2 Å². The van der Waals surface area contributed by atoms with Crippen LogP contribution in [0.15, 0.2) is 6.07 Å². The van der Waals surface area contributed by atoms with Gasteiger partial charge in [0.2, 0.25) is 0 Å². The lowest BCUT2D eigenvalue weighted by Crippen LogP contribution is -2.19. The number of ether oxygens (including phenoxy) is 1. The molecule has 3 rings (SSSR count). The van der Waals surface area contributed by atoms with Gasteiger partial charge in [-0.1, -0.05) is 25.1 Å². The molecule has 0 saturated heterocycles. The summed E-state index contributed by atoms with van der Waals surface area (Å²) in [5.74, 6) is 0.818. The zero-order chi connectivity index (χ0) is 14.7. The van der Waals surface area contributed by atoms with Crippen LogP contribution in [0.1, 0.15) is 48.9 Å². The monoisotopic (exact) mass is 305 g/mol. The summed E-state index contributed by atoms with van der Waals surface area (Å²) in [6, 6.07) is 2.11. The average molecular weight is 305 g/mol. The Labute approximate surface area is 131 Å². The number of hydrogen-bond donors (Lipinski definition) is 2. The molecule has 0 bridgehead atoms. The van der Waals surface area contributed by atoms with Crippen LogP contribution in [0.5, 0.6) is 0 Å². The van der Waals surface area contributed by atoms with Crippen molar-refractivity contribution in [2.24, 2.45) is 5.73 Å². The molecule has 0 aromatic carbocycles. The van der Waals surface area contributed by atoms with E-state index in [1.165, 1.54) is 43.4 Å². The first-order valence-corrected chi connectivity index (χ1v) is 8.33. The van der Waals surface area contributed by atoms with Crippen molar-refractivity contribution in [1.29, 1.82) is 0 Å². The van der Waals surface area contributed by atoms with Gasteiger partial charge in [0.15, 0.2) is 0 Å². The highest BCUT2D eigenvalue weighted by Crippen LogP contribution is 2.25. The number of aromatic nitrogens is 1. The molecule has 2 aliphatic carbocycles. The van der Waals surface area contributed by atoms with Crippen molar-refractivity contribution in [3.63, 3.8) is 0 Å². The molecule has 114 valence electrons. The number of rotatable bonds is 6. The van der Waals surface area contributed by atoms with Crippen LogP contribution in [0.4, 0.5) is 5.82 Å². The fraction of sp³-hybridized carbons (Fsp3) is 0.625. The zero-order valence-electron chi connectivity index (χ0n) is 12.4. The Balaban J connectivity index is 1.59. The van der Waals surface area contributed by atoms with Crippen LogP contribution in [0.2, 0.25) is 0 Å². The molecule has 0 unspecified atom stereocenters. The molecule has 2 aliphatic rings. The first kappa shape index (κ1) is 14.7. The maximum atomic E-state index is 5.86. The van der Waals surface area contributed by atoms with Crippen molar-refractivity contribution >= 4 is 23.0 Å². The summed E-state index contributed by atoms with van der Waals surface area (Å²) in [6.45, 7) is 1.46. The second kappa shape index (κ2) is 6.71. The van der Waals surface area contributed by atoms with Gasteiger partial charge in [-0.15, -0.1) is 0 Å². The van der Waals surface area contributed by atoms with E-state index in [0.29, 0.717) is 17.7 Å². The van der Waals surface area contributed by atoms with Gasteiger partial charge in [0.25, 0.3) is 0 Å². The molecule has 4 nitrogen and oxygen atoms in total. The maximum Gasteiger partial charge on any atom is 0.136 e. The summed E-state index contributed by atoms with van der Waals surface area (Å²) in [6.07, 6.45) is 8.78.